The van der Waals surface area contributed by atoms with Gasteiger partial charge in [0.05, 0.1) is 17.1 Å². The Labute approximate surface area is 99.2 Å². The van der Waals surface area contributed by atoms with Crippen LogP contribution < -0.4 is 10.5 Å². The van der Waals surface area contributed by atoms with Crippen molar-refractivity contribution >= 4 is 15.7 Å². The van der Waals surface area contributed by atoms with Crippen LogP contribution in [-0.2, 0) is 9.84 Å². The molecule has 0 radical (unpaired) electrons. The third kappa shape index (κ3) is 2.73. The molecule has 0 aliphatic carbocycles. The van der Waals surface area contributed by atoms with Crippen LogP contribution in [0.25, 0.3) is 0 Å². The van der Waals surface area contributed by atoms with Crippen molar-refractivity contribution in [2.45, 2.75) is 12.5 Å². The fourth-order valence-electron chi connectivity index (χ4n) is 1.70. The molecular weight excluding hydrogens is 242 g/mol. The Balaban J connectivity index is 2.17. The van der Waals surface area contributed by atoms with Gasteiger partial charge >= 0.3 is 0 Å². The average molecular weight is 255 g/mol. The van der Waals surface area contributed by atoms with Gasteiger partial charge in [-0.15, -0.1) is 0 Å². The molecule has 0 bridgehead atoms. The number of sulfone groups is 1. The molecule has 0 spiro atoms. The molecule has 0 saturated carbocycles. The van der Waals surface area contributed by atoms with Gasteiger partial charge < -0.3 is 10.5 Å². The summed E-state index contributed by atoms with van der Waals surface area (Å²) < 4.78 is 28.1. The van der Waals surface area contributed by atoms with Crippen LogP contribution in [0.5, 0.6) is 5.88 Å². The van der Waals surface area contributed by atoms with Crippen LogP contribution >= 0.6 is 0 Å². The van der Waals surface area contributed by atoms with E-state index in [1.54, 1.807) is 12.1 Å². The molecule has 1 aromatic heterocycles. The van der Waals surface area contributed by atoms with E-state index in [2.05, 4.69) is 4.98 Å². The van der Waals surface area contributed by atoms with Gasteiger partial charge in [0.25, 0.3) is 0 Å². The highest BCUT2D eigenvalue weighted by Crippen LogP contribution is 2.20. The Morgan fingerprint density at radius 2 is 2.35 bits per heavy atom. The molecule has 7 heteroatoms. The number of nitrogens with zero attached hydrogens (tertiary/aromatic N) is 1. The van der Waals surface area contributed by atoms with Crippen molar-refractivity contribution in [1.82, 2.24) is 4.98 Å². The van der Waals surface area contributed by atoms with E-state index in [4.69, 9.17) is 15.9 Å². The number of hydrogen-bond donors (Lipinski definition) is 2. The predicted octanol–water partition coefficient (Wildman–Crippen LogP) is -0.0684. The second kappa shape index (κ2) is 4.33. The van der Waals surface area contributed by atoms with Gasteiger partial charge in [-0.1, -0.05) is 0 Å². The zero-order chi connectivity index (χ0) is 12.5. The molecule has 1 atom stereocenters. The highest BCUT2D eigenvalue weighted by molar-refractivity contribution is 7.91. The molecule has 2 rings (SSSR count). The molecule has 6 nitrogen and oxygen atoms in total. The number of aromatic nitrogens is 1. The number of pyridine rings is 1. The van der Waals surface area contributed by atoms with Crippen molar-refractivity contribution in [3.63, 3.8) is 0 Å². The molecular formula is C10H13N3O3S. The third-order valence-electron chi connectivity index (χ3n) is 2.53. The average Bonchev–Trinajstić information content (AvgIpc) is 2.58. The van der Waals surface area contributed by atoms with E-state index in [1.807, 2.05) is 0 Å². The maximum Gasteiger partial charge on any atom is 0.224 e. The molecule has 1 saturated heterocycles. The molecule has 1 fully saturated rings. The van der Waals surface area contributed by atoms with Gasteiger partial charge in [-0.2, -0.15) is 0 Å². The minimum Gasteiger partial charge on any atom is -0.473 e. The van der Waals surface area contributed by atoms with Crippen LogP contribution in [0.15, 0.2) is 18.3 Å². The number of nitrogen functional groups attached to an aromatic ring is 1. The molecule has 1 aromatic rings. The van der Waals surface area contributed by atoms with Crippen molar-refractivity contribution in [3.8, 4) is 5.88 Å². The first-order valence-electron chi connectivity index (χ1n) is 5.14. The van der Waals surface area contributed by atoms with E-state index in [1.165, 1.54) is 6.20 Å². The van der Waals surface area contributed by atoms with Gasteiger partial charge in [0.1, 0.15) is 11.9 Å². The lowest BCUT2D eigenvalue weighted by Gasteiger charge is -2.13. The summed E-state index contributed by atoms with van der Waals surface area (Å²) in [4.78, 5) is 3.97. The van der Waals surface area contributed by atoms with Crippen LogP contribution in [0.1, 0.15) is 12.0 Å². The summed E-state index contributed by atoms with van der Waals surface area (Å²) >= 11 is 0. The monoisotopic (exact) mass is 255 g/mol. The topological polar surface area (TPSA) is 106 Å². The number of amidine groups is 1. The predicted molar refractivity (Wildman–Crippen MR) is 62.9 cm³/mol. The molecule has 3 N–H and O–H groups in total. The number of nitrogens with two attached hydrogens (primary N) is 1. The number of nitrogens with one attached hydrogen (secondary N) is 1. The lowest BCUT2D eigenvalue weighted by atomic mass is 10.2. The molecule has 0 amide bonds. The van der Waals surface area contributed by atoms with Crippen LogP contribution in [-0.4, -0.2) is 36.8 Å². The second-order valence-electron chi connectivity index (χ2n) is 3.91. The fourth-order valence-corrected chi connectivity index (χ4v) is 3.29. The highest BCUT2D eigenvalue weighted by Gasteiger charge is 2.30. The quantitative estimate of drug-likeness (QED) is 0.581. The molecule has 1 aliphatic rings. The van der Waals surface area contributed by atoms with Gasteiger partial charge in [0, 0.05) is 6.20 Å². The first kappa shape index (κ1) is 11.8. The van der Waals surface area contributed by atoms with E-state index < -0.39 is 15.9 Å². The van der Waals surface area contributed by atoms with Gasteiger partial charge in [-0.05, 0) is 18.6 Å². The van der Waals surface area contributed by atoms with E-state index in [0.29, 0.717) is 12.0 Å². The number of rotatable bonds is 3. The molecule has 17 heavy (non-hydrogen) atoms. The first-order valence-corrected chi connectivity index (χ1v) is 6.96. The summed E-state index contributed by atoms with van der Waals surface area (Å²) in [5, 5.41) is 7.37. The van der Waals surface area contributed by atoms with E-state index in [-0.39, 0.29) is 23.2 Å². The summed E-state index contributed by atoms with van der Waals surface area (Å²) in [6, 6.07) is 3.27. The van der Waals surface area contributed by atoms with Crippen molar-refractivity contribution in [3.05, 3.63) is 23.9 Å². The first-order chi connectivity index (χ1) is 7.98. The standard InChI is InChI=1S/C10H13N3O3S/c11-9(12)8-2-1-4-13-10(8)16-7-3-5-17(14,15)6-7/h1-2,4,7H,3,5-6H2,(H3,11,12). The maximum atomic E-state index is 11.3. The maximum absolute atomic E-state index is 11.3. The number of ether oxygens (including phenoxy) is 1. The Kier molecular flexibility index (Phi) is 3.01. The van der Waals surface area contributed by atoms with Gasteiger partial charge in [0.15, 0.2) is 9.84 Å². The Bertz CT molecular complexity index is 541. The molecule has 0 aromatic carbocycles. The zero-order valence-corrected chi connectivity index (χ0v) is 9.90. The molecule has 92 valence electrons. The van der Waals surface area contributed by atoms with Gasteiger partial charge in [-0.3, -0.25) is 5.41 Å². The van der Waals surface area contributed by atoms with Crippen LogP contribution in [0.2, 0.25) is 0 Å². The molecule has 2 heterocycles. The SMILES string of the molecule is N=C(N)c1cccnc1OC1CCS(=O)(=O)C1. The zero-order valence-electron chi connectivity index (χ0n) is 9.09. The molecule has 1 unspecified atom stereocenters. The Morgan fingerprint density at radius 3 is 2.94 bits per heavy atom. The van der Waals surface area contributed by atoms with Crippen molar-refractivity contribution in [1.29, 1.82) is 5.41 Å². The van der Waals surface area contributed by atoms with Gasteiger partial charge in [0.2, 0.25) is 5.88 Å². The van der Waals surface area contributed by atoms with E-state index >= 15 is 0 Å². The van der Waals surface area contributed by atoms with Crippen molar-refractivity contribution in [2.75, 3.05) is 11.5 Å². The summed E-state index contributed by atoms with van der Waals surface area (Å²) in [7, 11) is -2.99. The normalized spacial score (nSPS) is 22.2. The Hall–Kier alpha value is -1.63. The Morgan fingerprint density at radius 1 is 1.59 bits per heavy atom. The smallest absolute Gasteiger partial charge is 0.224 e. The van der Waals surface area contributed by atoms with E-state index in [9.17, 15) is 8.42 Å². The largest absolute Gasteiger partial charge is 0.473 e. The van der Waals surface area contributed by atoms with E-state index in [0.717, 1.165) is 0 Å². The van der Waals surface area contributed by atoms with Crippen molar-refractivity contribution < 1.29 is 13.2 Å². The highest BCUT2D eigenvalue weighted by atomic mass is 32.2. The second-order valence-corrected chi connectivity index (χ2v) is 6.14. The van der Waals surface area contributed by atoms with Gasteiger partial charge in [-0.25, -0.2) is 13.4 Å². The minimum absolute atomic E-state index is 0.000912. The summed E-state index contributed by atoms with van der Waals surface area (Å²) in [6.45, 7) is 0. The van der Waals surface area contributed by atoms with Crippen LogP contribution in [0, 0.1) is 5.41 Å². The summed E-state index contributed by atoms with van der Waals surface area (Å²) in [6.07, 6.45) is 1.58. The number of hydrogen-bond acceptors (Lipinski definition) is 5. The summed E-state index contributed by atoms with van der Waals surface area (Å²) in [5.74, 6) is 0.219. The molecule has 1 aliphatic heterocycles. The van der Waals surface area contributed by atoms with Crippen molar-refractivity contribution in [2.24, 2.45) is 5.73 Å². The lowest BCUT2D eigenvalue weighted by molar-refractivity contribution is 0.219. The lowest BCUT2D eigenvalue weighted by Crippen LogP contribution is -2.21. The fraction of sp³-hybridized carbons (Fsp3) is 0.400. The third-order valence-corrected chi connectivity index (χ3v) is 4.27. The van der Waals surface area contributed by atoms with Crippen LogP contribution in [0.4, 0.5) is 0 Å². The van der Waals surface area contributed by atoms with Crippen LogP contribution in [0.3, 0.4) is 0 Å². The minimum atomic E-state index is -2.99. The summed E-state index contributed by atoms with van der Waals surface area (Å²) in [5.41, 5.74) is 5.77.